The van der Waals surface area contributed by atoms with Gasteiger partial charge in [-0.15, -0.1) is 0 Å². The van der Waals surface area contributed by atoms with Gasteiger partial charge in [-0.25, -0.2) is 4.98 Å². The number of nitrogens with one attached hydrogen (secondary N) is 1. The first-order valence-electron chi connectivity index (χ1n) is 8.72. The van der Waals surface area contributed by atoms with Crippen LogP contribution in [0.2, 0.25) is 0 Å². The van der Waals surface area contributed by atoms with Crippen LogP contribution < -0.4 is 5.32 Å². The first-order chi connectivity index (χ1) is 11.9. The summed E-state index contributed by atoms with van der Waals surface area (Å²) in [5.74, 6) is 0.785. The third-order valence-corrected chi connectivity index (χ3v) is 4.53. The van der Waals surface area contributed by atoms with Crippen LogP contribution in [0.5, 0.6) is 0 Å². The predicted octanol–water partition coefficient (Wildman–Crippen LogP) is 3.21. The Morgan fingerprint density at radius 1 is 1.00 bits per heavy atom. The van der Waals surface area contributed by atoms with Crippen molar-refractivity contribution in [2.75, 3.05) is 26.2 Å². The molecule has 2 aromatic carbocycles. The van der Waals surface area contributed by atoms with Gasteiger partial charge >= 0.3 is 0 Å². The van der Waals surface area contributed by atoms with Crippen molar-refractivity contribution in [2.45, 2.75) is 19.4 Å². The van der Waals surface area contributed by atoms with E-state index in [1.165, 1.54) is 17.5 Å². The molecule has 0 unspecified atom stereocenters. The van der Waals surface area contributed by atoms with E-state index in [9.17, 15) is 0 Å². The number of hydrogen-bond acceptors (Lipinski definition) is 4. The number of aromatic nitrogens is 1. The van der Waals surface area contributed by atoms with Gasteiger partial charge in [-0.1, -0.05) is 36.4 Å². The fourth-order valence-corrected chi connectivity index (χ4v) is 3.28. The van der Waals surface area contributed by atoms with E-state index >= 15 is 0 Å². The molecule has 1 saturated heterocycles. The summed E-state index contributed by atoms with van der Waals surface area (Å²) in [6, 6.07) is 16.7. The lowest BCUT2D eigenvalue weighted by atomic mass is 10.1. The van der Waals surface area contributed by atoms with Crippen LogP contribution in [-0.4, -0.2) is 36.1 Å². The monoisotopic (exact) mass is 321 g/mol. The van der Waals surface area contributed by atoms with E-state index in [2.05, 4.69) is 45.5 Å². The smallest absolute Gasteiger partial charge is 0.199 e. The van der Waals surface area contributed by atoms with E-state index in [4.69, 9.17) is 4.42 Å². The standard InChI is InChI=1S/C20H23N3O/c1-2-5-16(6-3-1)14-20-22-18-13-17(7-8-19(18)24-20)15-23-11-4-9-21-10-12-23/h1-3,5-8,13,21H,4,9-12,14-15H2. The first-order valence-corrected chi connectivity index (χ1v) is 8.72. The fraction of sp³-hybridized carbons (Fsp3) is 0.350. The number of oxazole rings is 1. The summed E-state index contributed by atoms with van der Waals surface area (Å²) >= 11 is 0. The van der Waals surface area contributed by atoms with Crippen LogP contribution in [0.15, 0.2) is 52.9 Å². The van der Waals surface area contributed by atoms with Gasteiger partial charge < -0.3 is 9.73 Å². The van der Waals surface area contributed by atoms with Crippen molar-refractivity contribution in [1.82, 2.24) is 15.2 Å². The summed E-state index contributed by atoms with van der Waals surface area (Å²) < 4.78 is 5.90. The number of fused-ring (bicyclic) bond motifs is 1. The number of hydrogen-bond donors (Lipinski definition) is 1. The van der Waals surface area contributed by atoms with E-state index in [-0.39, 0.29) is 0 Å². The maximum absolute atomic E-state index is 5.90. The zero-order valence-corrected chi connectivity index (χ0v) is 13.9. The van der Waals surface area contributed by atoms with E-state index in [1.54, 1.807) is 0 Å². The molecule has 4 rings (SSSR count). The van der Waals surface area contributed by atoms with Gasteiger partial charge in [-0.05, 0) is 42.8 Å². The normalized spacial score (nSPS) is 16.3. The zero-order valence-electron chi connectivity index (χ0n) is 13.9. The van der Waals surface area contributed by atoms with Gasteiger partial charge in [-0.2, -0.15) is 0 Å². The molecule has 1 aliphatic rings. The molecule has 1 N–H and O–H groups in total. The van der Waals surface area contributed by atoms with Crippen molar-refractivity contribution in [3.63, 3.8) is 0 Å². The Kier molecular flexibility index (Phi) is 4.58. The lowest BCUT2D eigenvalue weighted by Gasteiger charge is -2.19. The third kappa shape index (κ3) is 3.66. The van der Waals surface area contributed by atoms with E-state index < -0.39 is 0 Å². The van der Waals surface area contributed by atoms with Crippen LogP contribution in [0.4, 0.5) is 0 Å². The third-order valence-electron chi connectivity index (χ3n) is 4.53. The average molecular weight is 321 g/mol. The molecule has 1 aliphatic heterocycles. The van der Waals surface area contributed by atoms with Crippen molar-refractivity contribution < 1.29 is 4.42 Å². The van der Waals surface area contributed by atoms with E-state index in [0.717, 1.165) is 56.1 Å². The maximum atomic E-state index is 5.90. The summed E-state index contributed by atoms with van der Waals surface area (Å²) in [6.07, 6.45) is 1.95. The Labute approximate surface area is 142 Å². The van der Waals surface area contributed by atoms with E-state index in [1.807, 2.05) is 18.2 Å². The molecule has 0 atom stereocenters. The van der Waals surface area contributed by atoms with Crippen LogP contribution in [0, 0.1) is 0 Å². The van der Waals surface area contributed by atoms with Crippen molar-refractivity contribution in [2.24, 2.45) is 0 Å². The van der Waals surface area contributed by atoms with Crippen molar-refractivity contribution >= 4 is 11.1 Å². The van der Waals surface area contributed by atoms with E-state index in [0.29, 0.717) is 0 Å². The topological polar surface area (TPSA) is 41.3 Å². The van der Waals surface area contributed by atoms with Gasteiger partial charge in [0.2, 0.25) is 0 Å². The molecule has 2 heterocycles. The van der Waals surface area contributed by atoms with Gasteiger partial charge in [0.05, 0.1) is 0 Å². The molecule has 0 saturated carbocycles. The molecule has 1 fully saturated rings. The van der Waals surface area contributed by atoms with Crippen LogP contribution in [0.3, 0.4) is 0 Å². The molecule has 4 heteroatoms. The Balaban J connectivity index is 1.50. The predicted molar refractivity (Wildman–Crippen MR) is 96.0 cm³/mol. The van der Waals surface area contributed by atoms with Crippen LogP contribution in [0.25, 0.3) is 11.1 Å². The minimum atomic E-state index is 0.739. The lowest BCUT2D eigenvalue weighted by molar-refractivity contribution is 0.284. The molecule has 4 nitrogen and oxygen atoms in total. The summed E-state index contributed by atoms with van der Waals surface area (Å²) in [4.78, 5) is 7.19. The largest absolute Gasteiger partial charge is 0.440 e. The molecule has 3 aromatic rings. The number of benzene rings is 2. The molecule has 1 aromatic heterocycles. The Bertz CT molecular complexity index is 789. The zero-order chi connectivity index (χ0) is 16.2. The van der Waals surface area contributed by atoms with Gasteiger partial charge in [0.15, 0.2) is 11.5 Å². The summed E-state index contributed by atoms with van der Waals surface area (Å²) in [5.41, 5.74) is 4.37. The van der Waals surface area contributed by atoms with Gasteiger partial charge in [0.25, 0.3) is 0 Å². The van der Waals surface area contributed by atoms with Crippen LogP contribution in [-0.2, 0) is 13.0 Å². The molecular formula is C20H23N3O. The fourth-order valence-electron chi connectivity index (χ4n) is 3.28. The first kappa shape index (κ1) is 15.4. The second-order valence-corrected chi connectivity index (χ2v) is 6.45. The Morgan fingerprint density at radius 3 is 2.83 bits per heavy atom. The molecule has 24 heavy (non-hydrogen) atoms. The number of nitrogens with zero attached hydrogens (tertiary/aromatic N) is 2. The Hall–Kier alpha value is -2.17. The van der Waals surface area contributed by atoms with Gasteiger partial charge in [0, 0.05) is 26.1 Å². The molecule has 0 spiro atoms. The second-order valence-electron chi connectivity index (χ2n) is 6.45. The highest BCUT2D eigenvalue weighted by Gasteiger charge is 2.11. The molecule has 124 valence electrons. The van der Waals surface area contributed by atoms with Gasteiger partial charge in [-0.3, -0.25) is 4.90 Å². The molecule has 0 radical (unpaired) electrons. The second kappa shape index (κ2) is 7.16. The molecule has 0 bridgehead atoms. The van der Waals surface area contributed by atoms with Gasteiger partial charge in [0.1, 0.15) is 5.52 Å². The van der Waals surface area contributed by atoms with Crippen molar-refractivity contribution in [3.8, 4) is 0 Å². The minimum absolute atomic E-state index is 0.739. The average Bonchev–Trinajstić information content (AvgIpc) is 2.81. The summed E-state index contributed by atoms with van der Waals surface area (Å²) in [7, 11) is 0. The maximum Gasteiger partial charge on any atom is 0.199 e. The highest BCUT2D eigenvalue weighted by molar-refractivity contribution is 5.73. The SMILES string of the molecule is c1ccc(Cc2nc3cc(CN4CCCNCC4)ccc3o2)cc1. The number of rotatable bonds is 4. The molecular weight excluding hydrogens is 298 g/mol. The molecule has 0 amide bonds. The quantitative estimate of drug-likeness (QED) is 0.801. The highest BCUT2D eigenvalue weighted by atomic mass is 16.3. The minimum Gasteiger partial charge on any atom is -0.440 e. The van der Waals surface area contributed by atoms with Crippen molar-refractivity contribution in [1.29, 1.82) is 0 Å². The highest BCUT2D eigenvalue weighted by Crippen LogP contribution is 2.20. The van der Waals surface area contributed by atoms with Crippen molar-refractivity contribution in [3.05, 3.63) is 65.5 Å². The lowest BCUT2D eigenvalue weighted by Crippen LogP contribution is -2.27. The van der Waals surface area contributed by atoms with Crippen LogP contribution >= 0.6 is 0 Å². The summed E-state index contributed by atoms with van der Waals surface area (Å²) in [6.45, 7) is 5.45. The van der Waals surface area contributed by atoms with Crippen LogP contribution in [0.1, 0.15) is 23.4 Å². The molecule has 0 aliphatic carbocycles. The Morgan fingerprint density at radius 2 is 1.92 bits per heavy atom. The summed E-state index contributed by atoms with van der Waals surface area (Å²) in [5, 5.41) is 3.45.